The Balaban J connectivity index is 2.81. The fraction of sp³-hybridized carbons (Fsp3) is 0.857. The number of hydrogen-bond acceptors (Lipinski definition) is 3. The largest absolute Gasteiger partial charge is 0.480 e. The van der Waals surface area contributed by atoms with Crippen molar-refractivity contribution in [3.63, 3.8) is 0 Å². The molecule has 1 saturated heterocycles. The number of nitrogens with zero attached hydrogens (tertiary/aromatic N) is 2. The minimum atomic E-state index is -0.940. The number of hydrogen-bond donors (Lipinski definition) is 2. The summed E-state index contributed by atoms with van der Waals surface area (Å²) in [6.45, 7) is 5.11. The smallest absolute Gasteiger partial charge is 0.326 e. The van der Waals surface area contributed by atoms with Crippen molar-refractivity contribution in [1.29, 1.82) is 0 Å². The van der Waals surface area contributed by atoms with Gasteiger partial charge in [0.05, 0.1) is 6.61 Å². The average Bonchev–Trinajstić information content (AvgIpc) is 2.42. The quantitative estimate of drug-likeness (QED) is 0.773. The number of aliphatic carboxylic acids is 1. The standard InChI is InChI=1S/C14H26N2O4/c1-3-4-7-15(9-10-17)14(20)16-8-5-6-11(2)12(16)13(18)19/h11-12,17H,3-10H2,1-2H3,(H,18,19). The first-order chi connectivity index (χ1) is 9.52. The lowest BCUT2D eigenvalue weighted by Crippen LogP contribution is -2.56. The zero-order chi connectivity index (χ0) is 15.1. The molecule has 6 heteroatoms. The molecule has 0 aromatic rings. The maximum absolute atomic E-state index is 12.5. The van der Waals surface area contributed by atoms with Gasteiger partial charge >= 0.3 is 12.0 Å². The normalized spacial score (nSPS) is 22.6. The van der Waals surface area contributed by atoms with E-state index < -0.39 is 12.0 Å². The van der Waals surface area contributed by atoms with E-state index in [1.54, 1.807) is 4.90 Å². The highest BCUT2D eigenvalue weighted by Crippen LogP contribution is 2.24. The highest BCUT2D eigenvalue weighted by Gasteiger charge is 2.38. The lowest BCUT2D eigenvalue weighted by Gasteiger charge is -2.40. The lowest BCUT2D eigenvalue weighted by atomic mass is 9.91. The number of piperidine rings is 1. The summed E-state index contributed by atoms with van der Waals surface area (Å²) in [7, 11) is 0. The molecule has 0 aromatic heterocycles. The van der Waals surface area contributed by atoms with E-state index in [2.05, 4.69) is 0 Å². The van der Waals surface area contributed by atoms with E-state index in [-0.39, 0.29) is 25.1 Å². The van der Waals surface area contributed by atoms with Gasteiger partial charge in [0.25, 0.3) is 0 Å². The number of carbonyl (C=O) groups excluding carboxylic acids is 1. The number of aliphatic hydroxyl groups is 1. The van der Waals surface area contributed by atoms with Gasteiger partial charge < -0.3 is 20.0 Å². The van der Waals surface area contributed by atoms with Gasteiger partial charge in [0.15, 0.2) is 0 Å². The Kier molecular flexibility index (Phi) is 6.78. The summed E-state index contributed by atoms with van der Waals surface area (Å²) in [5, 5.41) is 18.4. The van der Waals surface area contributed by atoms with Crippen molar-refractivity contribution in [2.45, 2.75) is 45.6 Å². The van der Waals surface area contributed by atoms with Crippen molar-refractivity contribution < 1.29 is 19.8 Å². The van der Waals surface area contributed by atoms with Crippen LogP contribution in [0.1, 0.15) is 39.5 Å². The molecule has 116 valence electrons. The molecule has 6 nitrogen and oxygen atoms in total. The van der Waals surface area contributed by atoms with E-state index in [1.165, 1.54) is 4.90 Å². The van der Waals surface area contributed by atoms with Gasteiger partial charge in [-0.2, -0.15) is 0 Å². The van der Waals surface area contributed by atoms with Crippen molar-refractivity contribution in [1.82, 2.24) is 9.80 Å². The van der Waals surface area contributed by atoms with Gasteiger partial charge in [-0.25, -0.2) is 9.59 Å². The third kappa shape index (κ3) is 4.10. The fourth-order valence-corrected chi connectivity index (χ4v) is 2.73. The number of carboxylic acids is 1. The third-order valence-electron chi connectivity index (χ3n) is 3.85. The summed E-state index contributed by atoms with van der Waals surface area (Å²) in [4.78, 5) is 27.0. The molecule has 0 radical (unpaired) electrons. The second-order valence-corrected chi connectivity index (χ2v) is 5.44. The molecule has 0 aliphatic carbocycles. The highest BCUT2D eigenvalue weighted by molar-refractivity contribution is 5.83. The second-order valence-electron chi connectivity index (χ2n) is 5.44. The van der Waals surface area contributed by atoms with Crippen LogP contribution in [0.3, 0.4) is 0 Å². The van der Waals surface area contributed by atoms with Crippen LogP contribution in [-0.2, 0) is 4.79 Å². The van der Waals surface area contributed by atoms with Crippen LogP contribution in [0.25, 0.3) is 0 Å². The number of rotatable bonds is 6. The van der Waals surface area contributed by atoms with Gasteiger partial charge in [-0.05, 0) is 25.2 Å². The van der Waals surface area contributed by atoms with Gasteiger partial charge in [0.2, 0.25) is 0 Å². The molecule has 1 aliphatic rings. The predicted octanol–water partition coefficient (Wildman–Crippen LogP) is 1.39. The van der Waals surface area contributed by atoms with Gasteiger partial charge in [-0.1, -0.05) is 20.3 Å². The van der Waals surface area contributed by atoms with Crippen LogP contribution in [0.15, 0.2) is 0 Å². The number of likely N-dealkylation sites (tertiary alicyclic amines) is 1. The lowest BCUT2D eigenvalue weighted by molar-refractivity contribution is -0.145. The summed E-state index contributed by atoms with van der Waals surface area (Å²) < 4.78 is 0. The maximum Gasteiger partial charge on any atom is 0.326 e. The molecule has 2 unspecified atom stereocenters. The van der Waals surface area contributed by atoms with Crippen LogP contribution in [0.2, 0.25) is 0 Å². The molecule has 1 heterocycles. The van der Waals surface area contributed by atoms with Gasteiger partial charge in [0.1, 0.15) is 6.04 Å². The molecule has 0 saturated carbocycles. The molecule has 1 aliphatic heterocycles. The molecule has 20 heavy (non-hydrogen) atoms. The first-order valence-electron chi connectivity index (χ1n) is 7.42. The van der Waals surface area contributed by atoms with E-state index in [0.29, 0.717) is 13.1 Å². The van der Waals surface area contributed by atoms with Gasteiger partial charge in [-0.3, -0.25) is 0 Å². The minimum Gasteiger partial charge on any atom is -0.480 e. The number of aliphatic hydroxyl groups excluding tert-OH is 1. The number of unbranched alkanes of at least 4 members (excludes halogenated alkanes) is 1. The number of carbonyl (C=O) groups is 2. The first kappa shape index (κ1) is 16.8. The van der Waals surface area contributed by atoms with Crippen LogP contribution < -0.4 is 0 Å². The van der Waals surface area contributed by atoms with Gasteiger partial charge in [-0.15, -0.1) is 0 Å². The van der Waals surface area contributed by atoms with Crippen molar-refractivity contribution in [2.24, 2.45) is 5.92 Å². The SMILES string of the molecule is CCCCN(CCO)C(=O)N1CCCC(C)C1C(=O)O. The fourth-order valence-electron chi connectivity index (χ4n) is 2.73. The molecule has 1 rings (SSSR count). The Labute approximate surface area is 120 Å². The van der Waals surface area contributed by atoms with Crippen LogP contribution in [0, 0.1) is 5.92 Å². The summed E-state index contributed by atoms with van der Waals surface area (Å²) in [6, 6.07) is -1.01. The number of urea groups is 1. The van der Waals surface area contributed by atoms with E-state index >= 15 is 0 Å². The predicted molar refractivity (Wildman–Crippen MR) is 75.5 cm³/mol. The summed E-state index contributed by atoms with van der Waals surface area (Å²) >= 11 is 0. The van der Waals surface area contributed by atoms with Crippen molar-refractivity contribution in [3.05, 3.63) is 0 Å². The highest BCUT2D eigenvalue weighted by atomic mass is 16.4. The number of carboxylic acid groups (broad SMARTS) is 1. The van der Waals surface area contributed by atoms with Crippen molar-refractivity contribution in [3.8, 4) is 0 Å². The Bertz CT molecular complexity index is 335. The molecule has 0 bridgehead atoms. The third-order valence-corrected chi connectivity index (χ3v) is 3.85. The van der Waals surface area contributed by atoms with Crippen LogP contribution in [0.4, 0.5) is 4.79 Å². The zero-order valence-electron chi connectivity index (χ0n) is 12.4. The van der Waals surface area contributed by atoms with Crippen molar-refractivity contribution >= 4 is 12.0 Å². The molecule has 1 fully saturated rings. The minimum absolute atomic E-state index is 0.0349. The molecule has 2 atom stereocenters. The van der Waals surface area contributed by atoms with E-state index in [9.17, 15) is 14.7 Å². The summed E-state index contributed by atoms with van der Waals surface area (Å²) in [5.41, 5.74) is 0. The van der Waals surface area contributed by atoms with Crippen LogP contribution in [0.5, 0.6) is 0 Å². The molecular weight excluding hydrogens is 260 g/mol. The topological polar surface area (TPSA) is 81.1 Å². The summed E-state index contributed by atoms with van der Waals surface area (Å²) in [6.07, 6.45) is 3.47. The molecule has 2 amide bonds. The monoisotopic (exact) mass is 286 g/mol. The Hall–Kier alpha value is -1.30. The number of amides is 2. The maximum atomic E-state index is 12.5. The van der Waals surface area contributed by atoms with Crippen molar-refractivity contribution in [2.75, 3.05) is 26.2 Å². The second kappa shape index (κ2) is 8.09. The first-order valence-corrected chi connectivity index (χ1v) is 7.42. The Morgan fingerprint density at radius 1 is 1.35 bits per heavy atom. The zero-order valence-corrected chi connectivity index (χ0v) is 12.4. The van der Waals surface area contributed by atoms with E-state index in [0.717, 1.165) is 25.7 Å². The summed E-state index contributed by atoms with van der Waals surface area (Å²) in [5.74, 6) is -0.975. The van der Waals surface area contributed by atoms with Gasteiger partial charge in [0, 0.05) is 19.6 Å². The molecule has 0 spiro atoms. The van der Waals surface area contributed by atoms with E-state index in [1.807, 2.05) is 13.8 Å². The van der Waals surface area contributed by atoms with Crippen LogP contribution in [-0.4, -0.2) is 64.3 Å². The van der Waals surface area contributed by atoms with E-state index in [4.69, 9.17) is 5.11 Å². The average molecular weight is 286 g/mol. The molecular formula is C14H26N2O4. The molecule has 2 N–H and O–H groups in total. The molecule has 0 aromatic carbocycles. The Morgan fingerprint density at radius 2 is 2.05 bits per heavy atom. The van der Waals surface area contributed by atoms with Crippen LogP contribution >= 0.6 is 0 Å². The Morgan fingerprint density at radius 3 is 2.60 bits per heavy atom.